The number of guanidine groups is 1. The van der Waals surface area contributed by atoms with Gasteiger partial charge >= 0.3 is 0 Å². The maximum atomic E-state index is 13.7. The van der Waals surface area contributed by atoms with E-state index < -0.39 is 35.8 Å². The number of nitrogens with one attached hydrogen (secondary N) is 6. The van der Waals surface area contributed by atoms with E-state index in [4.69, 9.17) is 27.5 Å². The molecule has 0 spiro atoms. The number of benzene rings is 2. The maximum Gasteiger partial charge on any atom is 0.244 e. The molecular formula is C31H42ClN7O4. The number of carbonyl (C=O) groups is 3. The molecule has 43 heavy (non-hydrogen) atoms. The molecular weight excluding hydrogens is 570 g/mol. The van der Waals surface area contributed by atoms with Gasteiger partial charge in [0.05, 0.1) is 0 Å². The molecule has 232 valence electrons. The molecule has 0 fully saturated rings. The van der Waals surface area contributed by atoms with E-state index in [0.717, 1.165) is 16.9 Å². The summed E-state index contributed by atoms with van der Waals surface area (Å²) in [6, 6.07) is 11.9. The molecule has 8 N–H and O–H groups in total. The van der Waals surface area contributed by atoms with Crippen molar-refractivity contribution >= 4 is 41.4 Å². The number of hydrogen-bond donors (Lipinski definition) is 7. The van der Waals surface area contributed by atoms with Crippen molar-refractivity contribution < 1.29 is 19.1 Å². The van der Waals surface area contributed by atoms with Crippen LogP contribution in [0.1, 0.15) is 38.3 Å². The third kappa shape index (κ3) is 10.9. The number of carbonyl (C=O) groups excluding carboxylic acids is 3. The minimum absolute atomic E-state index is 0.0909. The van der Waals surface area contributed by atoms with Crippen LogP contribution in [0.5, 0.6) is 5.75 Å². The standard InChI is InChI=1S/C31H42ClN7O4/c1-19(2)27-30(42)38-25(17-36-31(33)34)28(40)35-15-7-10-22-9-4-5-12-26(22)43-18-20(3)37-24(29(41)39-27)14-13-21-8-6-11-23(32)16-21/h4-6,8-9,11-14,16,19-20,24-25,27,37H,7,10,15,17-18H2,1-3H3,(H,35,40)(H,38,42)(H,39,41)(H4,33,34,36)/b14-13+/t20-,24?,25+,27-/m1/s1. The molecule has 12 heteroatoms. The lowest BCUT2D eigenvalue weighted by atomic mass is 10.0. The first-order chi connectivity index (χ1) is 20.5. The predicted octanol–water partition coefficient (Wildman–Crippen LogP) is 1.95. The van der Waals surface area contributed by atoms with Gasteiger partial charge < -0.3 is 31.7 Å². The fourth-order valence-corrected chi connectivity index (χ4v) is 4.73. The number of para-hydroxylation sites is 1. The summed E-state index contributed by atoms with van der Waals surface area (Å²) in [5.41, 5.74) is 7.24. The summed E-state index contributed by atoms with van der Waals surface area (Å²) in [5, 5.41) is 22.4. The number of fused-ring (bicyclic) bond motifs is 1. The van der Waals surface area contributed by atoms with Crippen LogP contribution < -0.4 is 37.1 Å². The maximum absolute atomic E-state index is 13.7. The zero-order chi connectivity index (χ0) is 31.4. The van der Waals surface area contributed by atoms with Crippen molar-refractivity contribution in [3.05, 3.63) is 70.8 Å². The molecule has 0 aliphatic carbocycles. The van der Waals surface area contributed by atoms with Crippen LogP contribution >= 0.6 is 11.6 Å². The van der Waals surface area contributed by atoms with Crippen molar-refractivity contribution in [1.82, 2.24) is 26.6 Å². The van der Waals surface area contributed by atoms with Gasteiger partial charge in [-0.3, -0.25) is 25.1 Å². The second-order valence-electron chi connectivity index (χ2n) is 10.9. The van der Waals surface area contributed by atoms with Crippen LogP contribution in [-0.2, 0) is 20.8 Å². The first kappa shape index (κ1) is 33.4. The number of rotatable bonds is 5. The van der Waals surface area contributed by atoms with Crippen molar-refractivity contribution in [3.8, 4) is 5.75 Å². The van der Waals surface area contributed by atoms with Crippen molar-refractivity contribution in [2.24, 2.45) is 11.7 Å². The number of aryl methyl sites for hydroxylation is 1. The molecule has 4 atom stereocenters. The first-order valence-electron chi connectivity index (χ1n) is 14.4. The molecule has 2 aromatic rings. The smallest absolute Gasteiger partial charge is 0.244 e. The second kappa shape index (κ2) is 16.5. The SMILES string of the molecule is CC(C)[C@H]1NC(=O)C(/C=C/c2cccc(Cl)c2)N[C@H](C)COc2ccccc2CCCNC(=O)[C@H](CNC(=N)N)NC1=O. The van der Waals surface area contributed by atoms with Gasteiger partial charge in [-0.25, -0.2) is 0 Å². The zero-order valence-corrected chi connectivity index (χ0v) is 25.5. The molecule has 2 aromatic carbocycles. The Morgan fingerprint density at radius 1 is 1.12 bits per heavy atom. The van der Waals surface area contributed by atoms with Crippen LogP contribution in [-0.4, -0.2) is 67.5 Å². The van der Waals surface area contributed by atoms with E-state index in [9.17, 15) is 14.4 Å². The van der Waals surface area contributed by atoms with Gasteiger partial charge in [-0.15, -0.1) is 0 Å². The molecule has 11 nitrogen and oxygen atoms in total. The van der Waals surface area contributed by atoms with Gasteiger partial charge in [0.15, 0.2) is 5.96 Å². The lowest BCUT2D eigenvalue weighted by Crippen LogP contribution is -2.60. The normalized spacial score (nSPS) is 22.8. The van der Waals surface area contributed by atoms with Gasteiger partial charge in [0.2, 0.25) is 17.7 Å². The Bertz CT molecular complexity index is 1300. The van der Waals surface area contributed by atoms with Gasteiger partial charge in [0.1, 0.15) is 30.5 Å². The molecule has 0 saturated carbocycles. The molecule has 0 saturated heterocycles. The Hall–Kier alpha value is -4.09. The number of halogens is 1. The van der Waals surface area contributed by atoms with Crippen LogP contribution in [0.2, 0.25) is 5.02 Å². The highest BCUT2D eigenvalue weighted by atomic mass is 35.5. The highest BCUT2D eigenvalue weighted by Crippen LogP contribution is 2.20. The molecule has 0 radical (unpaired) electrons. The summed E-state index contributed by atoms with van der Waals surface area (Å²) in [4.78, 5) is 40.1. The summed E-state index contributed by atoms with van der Waals surface area (Å²) in [6.45, 7) is 6.09. The zero-order valence-electron chi connectivity index (χ0n) is 24.8. The van der Waals surface area contributed by atoms with E-state index in [0.29, 0.717) is 31.0 Å². The third-order valence-corrected chi connectivity index (χ3v) is 7.07. The molecule has 0 bridgehead atoms. The van der Waals surface area contributed by atoms with Gasteiger partial charge in [-0.05, 0) is 55.0 Å². The predicted molar refractivity (Wildman–Crippen MR) is 169 cm³/mol. The summed E-state index contributed by atoms with van der Waals surface area (Å²) >= 11 is 6.15. The Kier molecular flexibility index (Phi) is 12.8. The summed E-state index contributed by atoms with van der Waals surface area (Å²) in [7, 11) is 0. The van der Waals surface area contributed by atoms with E-state index in [-0.39, 0.29) is 24.5 Å². The Morgan fingerprint density at radius 2 is 1.88 bits per heavy atom. The average molecular weight is 612 g/mol. The number of nitrogens with two attached hydrogens (primary N) is 1. The van der Waals surface area contributed by atoms with Gasteiger partial charge in [0, 0.05) is 24.2 Å². The summed E-state index contributed by atoms with van der Waals surface area (Å²) in [5.74, 6) is -1.29. The molecule has 1 unspecified atom stereocenters. The van der Waals surface area contributed by atoms with Gasteiger partial charge in [-0.1, -0.05) is 67.9 Å². The van der Waals surface area contributed by atoms with E-state index in [2.05, 4.69) is 26.6 Å². The highest BCUT2D eigenvalue weighted by Gasteiger charge is 2.31. The average Bonchev–Trinajstić information content (AvgIpc) is 2.96. The second-order valence-corrected chi connectivity index (χ2v) is 11.3. The fourth-order valence-electron chi connectivity index (χ4n) is 4.53. The lowest BCUT2D eigenvalue weighted by Gasteiger charge is -2.28. The van der Waals surface area contributed by atoms with Gasteiger partial charge in [0.25, 0.3) is 0 Å². The van der Waals surface area contributed by atoms with Crippen LogP contribution in [0.25, 0.3) is 6.08 Å². The first-order valence-corrected chi connectivity index (χ1v) is 14.8. The molecule has 1 aliphatic heterocycles. The summed E-state index contributed by atoms with van der Waals surface area (Å²) in [6.07, 6.45) is 4.80. The van der Waals surface area contributed by atoms with E-state index in [1.807, 2.05) is 43.3 Å². The summed E-state index contributed by atoms with van der Waals surface area (Å²) < 4.78 is 6.15. The Labute approximate surface area is 257 Å². The minimum Gasteiger partial charge on any atom is -0.492 e. The van der Waals surface area contributed by atoms with E-state index in [1.54, 1.807) is 38.1 Å². The quantitative estimate of drug-likeness (QED) is 0.200. The molecule has 0 aromatic heterocycles. The van der Waals surface area contributed by atoms with Crippen LogP contribution in [0, 0.1) is 11.3 Å². The highest BCUT2D eigenvalue weighted by molar-refractivity contribution is 6.30. The monoisotopic (exact) mass is 611 g/mol. The minimum atomic E-state index is -1.03. The van der Waals surface area contributed by atoms with Crippen molar-refractivity contribution in [1.29, 1.82) is 5.41 Å². The number of ether oxygens (including phenoxy) is 1. The molecule has 3 rings (SSSR count). The van der Waals surface area contributed by atoms with E-state index >= 15 is 0 Å². The molecule has 3 amide bonds. The topological polar surface area (TPSA) is 170 Å². The van der Waals surface area contributed by atoms with Crippen molar-refractivity contribution in [2.75, 3.05) is 19.7 Å². The Balaban J connectivity index is 1.92. The van der Waals surface area contributed by atoms with Crippen molar-refractivity contribution in [2.45, 2.75) is 57.8 Å². The number of amides is 3. The largest absolute Gasteiger partial charge is 0.492 e. The number of hydrogen-bond acceptors (Lipinski definition) is 6. The lowest BCUT2D eigenvalue weighted by molar-refractivity contribution is -0.133. The Morgan fingerprint density at radius 3 is 2.60 bits per heavy atom. The van der Waals surface area contributed by atoms with Gasteiger partial charge in [-0.2, -0.15) is 0 Å². The molecule has 1 aliphatic rings. The van der Waals surface area contributed by atoms with Crippen LogP contribution in [0.4, 0.5) is 0 Å². The fraction of sp³-hybridized carbons (Fsp3) is 0.419. The molecule has 1 heterocycles. The third-order valence-electron chi connectivity index (χ3n) is 6.84. The van der Waals surface area contributed by atoms with Crippen LogP contribution in [0.15, 0.2) is 54.6 Å². The van der Waals surface area contributed by atoms with E-state index in [1.165, 1.54) is 0 Å². The van der Waals surface area contributed by atoms with Crippen molar-refractivity contribution in [3.63, 3.8) is 0 Å². The van der Waals surface area contributed by atoms with Crippen LogP contribution in [0.3, 0.4) is 0 Å².